The molecule has 5 aromatic rings. The van der Waals surface area contributed by atoms with Crippen molar-refractivity contribution in [3.63, 3.8) is 0 Å². The van der Waals surface area contributed by atoms with Crippen LogP contribution in [0, 0.1) is 30.6 Å². The van der Waals surface area contributed by atoms with Crippen molar-refractivity contribution in [1.82, 2.24) is 29.1 Å². The van der Waals surface area contributed by atoms with E-state index in [1.165, 1.54) is 4.68 Å². The zero-order valence-electron chi connectivity index (χ0n) is 21.3. The van der Waals surface area contributed by atoms with Gasteiger partial charge in [0.2, 0.25) is 0 Å². The summed E-state index contributed by atoms with van der Waals surface area (Å²) < 4.78 is 2.98. The normalized spacial score (nSPS) is 16.0. The lowest BCUT2D eigenvalue weighted by atomic mass is 9.98. The highest BCUT2D eigenvalue weighted by atomic mass is 16.2. The van der Waals surface area contributed by atoms with Crippen molar-refractivity contribution in [1.29, 1.82) is 5.26 Å². The highest BCUT2D eigenvalue weighted by molar-refractivity contribution is 5.95. The molecule has 1 aliphatic carbocycles. The van der Waals surface area contributed by atoms with E-state index in [1.54, 1.807) is 4.40 Å². The molecule has 9 heteroatoms. The van der Waals surface area contributed by atoms with Crippen LogP contribution in [-0.4, -0.2) is 35.7 Å². The first-order valence-corrected chi connectivity index (χ1v) is 12.9. The van der Waals surface area contributed by atoms with E-state index in [2.05, 4.69) is 39.3 Å². The molecule has 0 radical (unpaired) electrons. The number of nitriles is 1. The molecule has 0 unspecified atom stereocenters. The molecular formula is C29H26N8O. The molecule has 1 fully saturated rings. The molecule has 0 saturated heterocycles. The average Bonchev–Trinajstić information content (AvgIpc) is 3.66. The molecule has 2 aliphatic rings. The fraction of sp³-hybridized carbons (Fsp3) is 0.310. The maximum atomic E-state index is 13.1. The van der Waals surface area contributed by atoms with Crippen LogP contribution in [0.5, 0.6) is 0 Å². The monoisotopic (exact) mass is 502 g/mol. The highest BCUT2D eigenvalue weighted by Gasteiger charge is 2.44. The lowest BCUT2D eigenvalue weighted by Crippen LogP contribution is -2.33. The molecule has 0 atom stereocenters. The van der Waals surface area contributed by atoms with Gasteiger partial charge in [-0.2, -0.15) is 10.2 Å². The van der Waals surface area contributed by atoms with Crippen molar-refractivity contribution in [3.05, 3.63) is 81.9 Å². The highest BCUT2D eigenvalue weighted by Crippen LogP contribution is 2.46. The molecule has 1 aromatic carbocycles. The van der Waals surface area contributed by atoms with Crippen LogP contribution in [0.2, 0.25) is 0 Å². The number of aromatic nitrogens is 6. The van der Waals surface area contributed by atoms with E-state index in [0.717, 1.165) is 76.0 Å². The van der Waals surface area contributed by atoms with Gasteiger partial charge in [-0.05, 0) is 43.7 Å². The molecule has 0 bridgehead atoms. The van der Waals surface area contributed by atoms with Crippen molar-refractivity contribution in [3.8, 4) is 17.2 Å². The number of anilines is 1. The smallest absolute Gasteiger partial charge is 0.351 e. The van der Waals surface area contributed by atoms with Crippen molar-refractivity contribution in [2.45, 2.75) is 46.2 Å². The molecule has 1 aliphatic heterocycles. The van der Waals surface area contributed by atoms with Crippen LogP contribution in [0.3, 0.4) is 0 Å². The maximum absolute atomic E-state index is 13.1. The van der Waals surface area contributed by atoms with Crippen molar-refractivity contribution in [2.24, 2.45) is 5.41 Å². The first kappa shape index (κ1) is 22.6. The Kier molecular flexibility index (Phi) is 4.89. The lowest BCUT2D eigenvalue weighted by molar-refractivity contribution is 0.472. The molecule has 1 saturated carbocycles. The van der Waals surface area contributed by atoms with E-state index in [4.69, 9.17) is 9.97 Å². The Morgan fingerprint density at radius 2 is 1.97 bits per heavy atom. The Hall–Kier alpha value is -4.58. The van der Waals surface area contributed by atoms with Crippen molar-refractivity contribution in [2.75, 3.05) is 11.4 Å². The summed E-state index contributed by atoms with van der Waals surface area (Å²) >= 11 is 0. The first-order valence-electron chi connectivity index (χ1n) is 12.9. The molecule has 0 spiro atoms. The standard InChI is InChI=1S/C29H26N8O/c1-18-19(2)37-27(34-36(28(37)38)17-29(16-30)8-9-29)33-26(18)35-10-7-25-22(15-35)11-21(13-32-25)24-14-31-12-20-5-3-4-6-23(20)24/h3-6,11-14H,7-10,15,17H2,1-2H3. The minimum atomic E-state index is -0.464. The lowest BCUT2D eigenvalue weighted by Gasteiger charge is -2.31. The zero-order chi connectivity index (χ0) is 26.0. The number of hydrogen-bond donors (Lipinski definition) is 0. The third kappa shape index (κ3) is 3.48. The van der Waals surface area contributed by atoms with Crippen molar-refractivity contribution >= 4 is 22.4 Å². The van der Waals surface area contributed by atoms with Gasteiger partial charge in [-0.1, -0.05) is 24.3 Å². The fourth-order valence-corrected chi connectivity index (χ4v) is 5.52. The van der Waals surface area contributed by atoms with Gasteiger partial charge in [0.1, 0.15) is 5.82 Å². The largest absolute Gasteiger partial charge is 0.351 e. The van der Waals surface area contributed by atoms with Crippen LogP contribution >= 0.6 is 0 Å². The third-order valence-electron chi connectivity index (χ3n) is 8.10. The number of pyridine rings is 2. The maximum Gasteiger partial charge on any atom is 0.351 e. The molecule has 0 amide bonds. The topological polar surface area (TPSA) is 105 Å². The minimum Gasteiger partial charge on any atom is -0.351 e. The number of benzene rings is 1. The second-order valence-electron chi connectivity index (χ2n) is 10.5. The molecular weight excluding hydrogens is 476 g/mol. The Morgan fingerprint density at radius 1 is 1.13 bits per heavy atom. The number of aryl methyl sites for hydroxylation is 1. The average molecular weight is 503 g/mol. The molecule has 188 valence electrons. The summed E-state index contributed by atoms with van der Waals surface area (Å²) in [5.74, 6) is 1.21. The van der Waals surface area contributed by atoms with Crippen LogP contribution in [0.4, 0.5) is 5.82 Å². The minimum absolute atomic E-state index is 0.234. The van der Waals surface area contributed by atoms with Crippen LogP contribution in [0.25, 0.3) is 27.7 Å². The molecule has 0 N–H and O–H groups in total. The van der Waals surface area contributed by atoms with Gasteiger partial charge in [0.05, 0.1) is 18.0 Å². The van der Waals surface area contributed by atoms with E-state index in [9.17, 15) is 10.1 Å². The molecule has 38 heavy (non-hydrogen) atoms. The van der Waals surface area contributed by atoms with E-state index >= 15 is 0 Å². The van der Waals surface area contributed by atoms with Gasteiger partial charge in [-0.3, -0.25) is 9.97 Å². The molecule has 9 nitrogen and oxygen atoms in total. The zero-order valence-corrected chi connectivity index (χ0v) is 21.3. The number of hydrogen-bond acceptors (Lipinski definition) is 7. The summed E-state index contributed by atoms with van der Waals surface area (Å²) in [6.45, 7) is 5.70. The first-order chi connectivity index (χ1) is 18.5. The Morgan fingerprint density at radius 3 is 2.79 bits per heavy atom. The molecule has 4 aromatic heterocycles. The van der Waals surface area contributed by atoms with Gasteiger partial charge < -0.3 is 4.90 Å². The Labute approximate surface area is 219 Å². The van der Waals surface area contributed by atoms with E-state index in [0.29, 0.717) is 18.9 Å². The van der Waals surface area contributed by atoms with Gasteiger partial charge in [0.15, 0.2) is 0 Å². The SMILES string of the molecule is Cc1c(N2CCc3ncc(-c4cncc5ccccc45)cc3C2)nc2nn(CC3(C#N)CC3)c(=O)n2c1C. The van der Waals surface area contributed by atoms with E-state index < -0.39 is 5.41 Å². The Bertz CT molecular complexity index is 1850. The van der Waals surface area contributed by atoms with Gasteiger partial charge >= 0.3 is 5.69 Å². The number of nitrogens with zero attached hydrogens (tertiary/aromatic N) is 8. The number of rotatable bonds is 4. The van der Waals surface area contributed by atoms with Crippen LogP contribution in [-0.2, 0) is 19.5 Å². The van der Waals surface area contributed by atoms with Crippen LogP contribution in [0.15, 0.2) is 53.7 Å². The summed E-state index contributed by atoms with van der Waals surface area (Å²) in [6.07, 6.45) is 8.15. The summed E-state index contributed by atoms with van der Waals surface area (Å²) in [5, 5.41) is 16.3. The van der Waals surface area contributed by atoms with Gasteiger partial charge in [0.25, 0.3) is 5.78 Å². The van der Waals surface area contributed by atoms with Crippen LogP contribution in [0.1, 0.15) is 35.4 Å². The summed E-state index contributed by atoms with van der Waals surface area (Å²) in [6, 6.07) is 12.8. The van der Waals surface area contributed by atoms with Gasteiger partial charge in [-0.25, -0.2) is 13.9 Å². The van der Waals surface area contributed by atoms with Gasteiger partial charge in [0, 0.05) is 71.6 Å². The molecule has 7 rings (SSSR count). The third-order valence-corrected chi connectivity index (χ3v) is 8.10. The molecule has 5 heterocycles. The predicted molar refractivity (Wildman–Crippen MR) is 144 cm³/mol. The summed E-state index contributed by atoms with van der Waals surface area (Å²) in [7, 11) is 0. The number of fused-ring (bicyclic) bond motifs is 3. The van der Waals surface area contributed by atoms with E-state index in [-0.39, 0.29) is 5.69 Å². The summed E-state index contributed by atoms with van der Waals surface area (Å²) in [5.41, 5.74) is 5.44. The van der Waals surface area contributed by atoms with Crippen LogP contribution < -0.4 is 10.6 Å². The predicted octanol–water partition coefficient (Wildman–Crippen LogP) is 3.98. The Balaban J connectivity index is 1.26. The second-order valence-corrected chi connectivity index (χ2v) is 10.5. The van der Waals surface area contributed by atoms with E-state index in [1.807, 2.05) is 44.6 Å². The second kappa shape index (κ2) is 8.21. The summed E-state index contributed by atoms with van der Waals surface area (Å²) in [4.78, 5) is 29.5. The fourth-order valence-electron chi connectivity index (χ4n) is 5.52. The van der Waals surface area contributed by atoms with Gasteiger partial charge in [-0.15, -0.1) is 5.10 Å². The quantitative estimate of drug-likeness (QED) is 0.366. The van der Waals surface area contributed by atoms with Crippen molar-refractivity contribution < 1.29 is 0 Å².